The van der Waals surface area contributed by atoms with Crippen molar-refractivity contribution in [3.05, 3.63) is 34.9 Å². The van der Waals surface area contributed by atoms with Gasteiger partial charge >= 0.3 is 6.18 Å². The number of halogens is 3. The van der Waals surface area contributed by atoms with Gasteiger partial charge < -0.3 is 9.84 Å². The Morgan fingerprint density at radius 2 is 1.72 bits per heavy atom. The van der Waals surface area contributed by atoms with Gasteiger partial charge in [-0.3, -0.25) is 0 Å². The molecule has 102 valence electrons. The maximum Gasteiger partial charge on any atom is 0.411 e. The molecular formula is C13H17F3O2. The van der Waals surface area contributed by atoms with Gasteiger partial charge in [-0.1, -0.05) is 29.3 Å². The molecule has 1 rings (SSSR count). The number of aryl methyl sites for hydroxylation is 2. The van der Waals surface area contributed by atoms with Gasteiger partial charge in [0.1, 0.15) is 6.61 Å². The van der Waals surface area contributed by atoms with Crippen molar-refractivity contribution in [2.75, 3.05) is 13.2 Å². The van der Waals surface area contributed by atoms with E-state index in [9.17, 15) is 18.3 Å². The topological polar surface area (TPSA) is 29.5 Å². The number of ether oxygens (including phenoxy) is 1. The van der Waals surface area contributed by atoms with E-state index in [1.165, 1.54) is 0 Å². The van der Waals surface area contributed by atoms with E-state index in [2.05, 4.69) is 4.74 Å². The molecule has 0 aliphatic carbocycles. The third-order valence-electron chi connectivity index (χ3n) is 2.43. The van der Waals surface area contributed by atoms with E-state index in [0.29, 0.717) is 5.56 Å². The van der Waals surface area contributed by atoms with Crippen LogP contribution in [0.4, 0.5) is 13.2 Å². The summed E-state index contributed by atoms with van der Waals surface area (Å²) in [7, 11) is 0. The standard InChI is InChI=1S/C13H17F3O2/c1-9-5-10(2)7-11(6-9)12(17)3-4-18-8-13(14,15)16/h5-7,12,17H,3-4,8H2,1-2H3. The van der Waals surface area contributed by atoms with Gasteiger partial charge in [-0.25, -0.2) is 0 Å². The van der Waals surface area contributed by atoms with E-state index in [-0.39, 0.29) is 13.0 Å². The third kappa shape index (κ3) is 5.51. The number of hydrogen-bond acceptors (Lipinski definition) is 2. The van der Waals surface area contributed by atoms with Crippen LogP contribution < -0.4 is 0 Å². The second-order valence-electron chi connectivity index (χ2n) is 4.39. The van der Waals surface area contributed by atoms with Crippen LogP contribution >= 0.6 is 0 Å². The average Bonchev–Trinajstić information content (AvgIpc) is 2.21. The molecule has 1 N–H and O–H groups in total. The summed E-state index contributed by atoms with van der Waals surface area (Å²) in [5, 5.41) is 9.84. The second kappa shape index (κ2) is 6.20. The molecule has 1 atom stereocenters. The van der Waals surface area contributed by atoms with E-state index in [1.54, 1.807) is 0 Å². The summed E-state index contributed by atoms with van der Waals surface area (Å²) in [5.41, 5.74) is 2.74. The van der Waals surface area contributed by atoms with Gasteiger partial charge in [0.05, 0.1) is 6.10 Å². The molecule has 0 amide bonds. The van der Waals surface area contributed by atoms with Gasteiger partial charge in [0.15, 0.2) is 0 Å². The van der Waals surface area contributed by atoms with Gasteiger partial charge in [0, 0.05) is 13.0 Å². The van der Waals surface area contributed by atoms with Gasteiger partial charge in [-0.05, 0) is 19.4 Å². The fraction of sp³-hybridized carbons (Fsp3) is 0.538. The van der Waals surface area contributed by atoms with Crippen LogP contribution in [0.3, 0.4) is 0 Å². The first-order valence-corrected chi connectivity index (χ1v) is 5.69. The van der Waals surface area contributed by atoms with Crippen LogP contribution in [-0.2, 0) is 4.74 Å². The Kier molecular flexibility index (Phi) is 5.16. The van der Waals surface area contributed by atoms with Crippen molar-refractivity contribution in [2.24, 2.45) is 0 Å². The Hall–Kier alpha value is -1.07. The van der Waals surface area contributed by atoms with E-state index >= 15 is 0 Å². The molecule has 0 aliphatic rings. The highest BCUT2D eigenvalue weighted by atomic mass is 19.4. The van der Waals surface area contributed by atoms with Gasteiger partial charge in [0.2, 0.25) is 0 Å². The molecule has 2 nitrogen and oxygen atoms in total. The average molecular weight is 262 g/mol. The zero-order chi connectivity index (χ0) is 13.8. The van der Waals surface area contributed by atoms with Crippen LogP contribution in [0.25, 0.3) is 0 Å². The highest BCUT2D eigenvalue weighted by Gasteiger charge is 2.27. The third-order valence-corrected chi connectivity index (χ3v) is 2.43. The highest BCUT2D eigenvalue weighted by Crippen LogP contribution is 2.20. The van der Waals surface area contributed by atoms with Gasteiger partial charge in [0.25, 0.3) is 0 Å². The molecule has 0 bridgehead atoms. The lowest BCUT2D eigenvalue weighted by Gasteiger charge is -2.13. The second-order valence-corrected chi connectivity index (χ2v) is 4.39. The van der Waals surface area contributed by atoms with Crippen LogP contribution in [0.2, 0.25) is 0 Å². The summed E-state index contributed by atoms with van der Waals surface area (Å²) in [6.07, 6.45) is -4.96. The fourth-order valence-corrected chi connectivity index (χ4v) is 1.75. The predicted molar refractivity (Wildman–Crippen MR) is 62.4 cm³/mol. The summed E-state index contributed by atoms with van der Waals surface area (Å²) >= 11 is 0. The normalized spacial score (nSPS) is 13.7. The van der Waals surface area contributed by atoms with E-state index < -0.39 is 18.9 Å². The summed E-state index contributed by atoms with van der Waals surface area (Å²) in [4.78, 5) is 0. The molecular weight excluding hydrogens is 245 g/mol. The van der Waals surface area contributed by atoms with E-state index in [0.717, 1.165) is 11.1 Å². The number of alkyl halides is 3. The smallest absolute Gasteiger partial charge is 0.388 e. The number of aliphatic hydroxyl groups is 1. The van der Waals surface area contributed by atoms with E-state index in [4.69, 9.17) is 0 Å². The van der Waals surface area contributed by atoms with Crippen LogP contribution in [0.5, 0.6) is 0 Å². The molecule has 1 aromatic carbocycles. The Morgan fingerprint density at radius 1 is 1.17 bits per heavy atom. The molecule has 0 saturated carbocycles. The van der Waals surface area contributed by atoms with Crippen molar-refractivity contribution in [3.63, 3.8) is 0 Å². The number of hydrogen-bond donors (Lipinski definition) is 1. The molecule has 0 spiro atoms. The van der Waals surface area contributed by atoms with Crippen LogP contribution in [0.15, 0.2) is 18.2 Å². The zero-order valence-corrected chi connectivity index (χ0v) is 10.4. The summed E-state index contributed by atoms with van der Waals surface area (Å²) in [5.74, 6) is 0. The first-order chi connectivity index (χ1) is 8.28. The monoisotopic (exact) mass is 262 g/mol. The molecule has 0 radical (unpaired) electrons. The lowest BCUT2D eigenvalue weighted by molar-refractivity contribution is -0.175. The van der Waals surface area contributed by atoms with Gasteiger partial charge in [-0.2, -0.15) is 13.2 Å². The van der Waals surface area contributed by atoms with Crippen molar-refractivity contribution in [2.45, 2.75) is 32.5 Å². The quantitative estimate of drug-likeness (QED) is 0.825. The molecule has 18 heavy (non-hydrogen) atoms. The lowest BCUT2D eigenvalue weighted by Crippen LogP contribution is -2.18. The van der Waals surface area contributed by atoms with Gasteiger partial charge in [-0.15, -0.1) is 0 Å². The fourth-order valence-electron chi connectivity index (χ4n) is 1.75. The van der Waals surface area contributed by atoms with E-state index in [1.807, 2.05) is 32.0 Å². The zero-order valence-electron chi connectivity index (χ0n) is 10.4. The summed E-state index contributed by atoms with van der Waals surface area (Å²) in [6, 6.07) is 5.61. The van der Waals surface area contributed by atoms with Crippen LogP contribution in [0.1, 0.15) is 29.2 Å². The summed E-state index contributed by atoms with van der Waals surface area (Å²) in [6.45, 7) is 2.42. The lowest BCUT2D eigenvalue weighted by atomic mass is 10.0. The van der Waals surface area contributed by atoms with Crippen LogP contribution in [-0.4, -0.2) is 24.5 Å². The molecule has 0 fully saturated rings. The first kappa shape index (κ1) is 15.0. The number of aliphatic hydroxyl groups excluding tert-OH is 1. The maximum atomic E-state index is 11.8. The highest BCUT2D eigenvalue weighted by molar-refractivity contribution is 5.29. The van der Waals surface area contributed by atoms with Crippen molar-refractivity contribution in [1.82, 2.24) is 0 Å². The molecule has 0 saturated heterocycles. The molecule has 0 aromatic heterocycles. The SMILES string of the molecule is Cc1cc(C)cc(C(O)CCOCC(F)(F)F)c1. The van der Waals surface area contributed by atoms with Crippen molar-refractivity contribution < 1.29 is 23.0 Å². The molecule has 1 unspecified atom stereocenters. The Balaban J connectivity index is 2.43. The van der Waals surface area contributed by atoms with Crippen LogP contribution in [0, 0.1) is 13.8 Å². The molecule has 0 heterocycles. The minimum Gasteiger partial charge on any atom is -0.388 e. The van der Waals surface area contributed by atoms with Crippen molar-refractivity contribution in [1.29, 1.82) is 0 Å². The maximum absolute atomic E-state index is 11.8. The largest absolute Gasteiger partial charge is 0.411 e. The Labute approximate surface area is 104 Å². The predicted octanol–water partition coefficient (Wildman–Crippen LogP) is 3.31. The summed E-state index contributed by atoms with van der Waals surface area (Å²) < 4.78 is 39.9. The Morgan fingerprint density at radius 3 is 2.22 bits per heavy atom. The molecule has 5 heteroatoms. The number of benzene rings is 1. The minimum absolute atomic E-state index is 0.117. The molecule has 0 aliphatic heterocycles. The first-order valence-electron chi connectivity index (χ1n) is 5.69. The number of rotatable bonds is 5. The Bertz CT molecular complexity index is 368. The molecule has 1 aromatic rings. The minimum atomic E-state index is -4.31. The van der Waals surface area contributed by atoms with Crippen molar-refractivity contribution in [3.8, 4) is 0 Å². The van der Waals surface area contributed by atoms with Crippen molar-refractivity contribution >= 4 is 0 Å².